The molecule has 1 saturated heterocycles. The Labute approximate surface area is 340 Å². The molecule has 4 fully saturated rings. The molecular weight excluding hydrogens is 763 g/mol. The van der Waals surface area contributed by atoms with Crippen molar-refractivity contribution in [3.63, 3.8) is 0 Å². The van der Waals surface area contributed by atoms with Crippen molar-refractivity contribution in [1.82, 2.24) is 24.8 Å². The first-order valence-electron chi connectivity index (χ1n) is 21.1. The van der Waals surface area contributed by atoms with Gasteiger partial charge in [0.15, 0.2) is 0 Å². The van der Waals surface area contributed by atoms with Crippen LogP contribution in [-0.2, 0) is 30.8 Å². The molecule has 0 bridgehead atoms. The first-order valence-corrected chi connectivity index (χ1v) is 22.6. The molecule has 0 radical (unpaired) electrons. The number of nitrogens with zero attached hydrogens (tertiary/aromatic N) is 3. The smallest absolute Gasteiger partial charge is 0.408 e. The molecule has 3 N–H and O–H groups in total. The second-order valence-electron chi connectivity index (χ2n) is 18.3. The molecule has 6 atom stereocenters. The normalized spacial score (nSPS) is 30.4. The van der Waals surface area contributed by atoms with E-state index in [1.807, 2.05) is 44.2 Å². The van der Waals surface area contributed by atoms with Crippen LogP contribution < -0.4 is 19.5 Å². The zero-order valence-corrected chi connectivity index (χ0v) is 35.0. The molecule has 0 unspecified atom stereocenters. The predicted octanol–water partition coefficient (Wildman–Crippen LogP) is 5.57. The fraction of sp³-hybridized carbons (Fsp3) is 0.651. The summed E-state index contributed by atoms with van der Waals surface area (Å²) < 4.78 is 40.5. The van der Waals surface area contributed by atoms with Gasteiger partial charge in [-0.15, -0.1) is 0 Å². The number of carboxylic acid groups (broad SMARTS) is 1. The third kappa shape index (κ3) is 7.19. The maximum Gasteiger partial charge on any atom is 0.408 e. The lowest BCUT2D eigenvalue weighted by Crippen LogP contribution is -2.60. The zero-order chi connectivity index (χ0) is 41.4. The van der Waals surface area contributed by atoms with Crippen molar-refractivity contribution in [2.75, 3.05) is 13.7 Å². The van der Waals surface area contributed by atoms with E-state index in [2.05, 4.69) is 10.0 Å². The van der Waals surface area contributed by atoms with Crippen LogP contribution in [0, 0.1) is 11.8 Å². The molecule has 4 amide bonds. The van der Waals surface area contributed by atoms with Crippen LogP contribution in [0.5, 0.6) is 11.5 Å². The summed E-state index contributed by atoms with van der Waals surface area (Å²) in [5.74, 6) is -0.806. The lowest BCUT2D eigenvalue weighted by atomic mass is 9.86. The van der Waals surface area contributed by atoms with Gasteiger partial charge in [0.05, 0.1) is 29.6 Å². The summed E-state index contributed by atoms with van der Waals surface area (Å²) in [5, 5.41) is 14.5. The molecule has 3 aliphatic carbocycles. The highest BCUT2D eigenvalue weighted by Crippen LogP contribution is 2.52. The molecular formula is C43H57N5O9S. The van der Waals surface area contributed by atoms with E-state index in [0.717, 1.165) is 47.8 Å². The molecule has 1 aromatic carbocycles. The van der Waals surface area contributed by atoms with Crippen LogP contribution >= 0.6 is 0 Å². The van der Waals surface area contributed by atoms with Gasteiger partial charge in [-0.1, -0.05) is 38.8 Å². The third-order valence-corrected chi connectivity index (χ3v) is 16.1. The second-order valence-corrected chi connectivity index (χ2v) is 20.5. The molecule has 4 heterocycles. The fourth-order valence-electron chi connectivity index (χ4n) is 9.31. The van der Waals surface area contributed by atoms with Crippen molar-refractivity contribution >= 4 is 44.7 Å². The second kappa shape index (κ2) is 14.7. The van der Waals surface area contributed by atoms with Crippen molar-refractivity contribution in [2.45, 2.75) is 151 Å². The van der Waals surface area contributed by atoms with Crippen molar-refractivity contribution in [3.05, 3.63) is 41.6 Å². The maximum atomic E-state index is 15.2. The van der Waals surface area contributed by atoms with Crippen molar-refractivity contribution in [3.8, 4) is 11.5 Å². The summed E-state index contributed by atoms with van der Waals surface area (Å²) in [4.78, 5) is 65.0. The molecule has 58 heavy (non-hydrogen) atoms. The number of pyridine rings is 1. The topological polar surface area (TPSA) is 185 Å². The van der Waals surface area contributed by atoms with Crippen LogP contribution in [0.2, 0.25) is 0 Å². The van der Waals surface area contributed by atoms with Gasteiger partial charge in [-0.2, -0.15) is 0 Å². The van der Waals surface area contributed by atoms with Crippen molar-refractivity contribution in [2.24, 2.45) is 11.8 Å². The summed E-state index contributed by atoms with van der Waals surface area (Å²) in [5.41, 5.74) is 0.168. The third-order valence-electron chi connectivity index (χ3n) is 13.9. The summed E-state index contributed by atoms with van der Waals surface area (Å²) in [6.07, 6.45) is 9.89. The zero-order valence-electron chi connectivity index (χ0n) is 34.2. The molecule has 14 nitrogen and oxygen atoms in total. The van der Waals surface area contributed by atoms with E-state index in [1.54, 1.807) is 21.0 Å². The first-order chi connectivity index (χ1) is 27.5. The molecule has 1 aromatic heterocycles. The highest BCUT2D eigenvalue weighted by molar-refractivity contribution is 7.91. The van der Waals surface area contributed by atoms with Crippen LogP contribution in [0.4, 0.5) is 4.79 Å². The number of aryl methyl sites for hydroxylation is 1. The summed E-state index contributed by atoms with van der Waals surface area (Å²) in [6.45, 7) is 7.27. The number of nitrogens with one attached hydrogen (secondary N) is 2. The molecule has 3 saturated carbocycles. The molecule has 2 aromatic rings. The standard InChI is InChI=1S/C43H57N5O9S/c1-25(2)26(3)48(40(52)53)33-12-10-8-6-7-9-11-28-22-43(28,39(51)46-58(54,55)41(4)19-20-41)45-37(49)34-23-42(24-47(34)38(33)50)18-17-30-31-21-29(56-5)15-16-32(31)44-35(27-13-14-27)36(30)57-42/h9,11,15-16,21,25-28,33-34H,6-8,10,12-14,17-20,22-24H2,1-5H3,(H,45,49)(H,46,51)(H,52,53)/b11-9-/t26-,28-,33+,34+,42-,43-/m1/s1. The number of carbonyl (C=O) groups is 4. The van der Waals surface area contributed by atoms with Gasteiger partial charge in [0.25, 0.3) is 5.91 Å². The Morgan fingerprint density at radius 2 is 1.84 bits per heavy atom. The highest BCUT2D eigenvalue weighted by Gasteiger charge is 2.64. The fourth-order valence-corrected chi connectivity index (χ4v) is 10.6. The Bertz CT molecular complexity index is 2170. The SMILES string of the molecule is COc1ccc2nc(C3CC3)c3c(c2c1)CC[C@]1(C[C@H]2C(=O)N[C@]4(C(=O)NS(=O)(=O)C5(C)CC5)C[C@H]4/C=C\CCCCC[C@H](N(C(=O)O)[C@H](C)C(C)C)C(=O)N2C1)O3. The number of methoxy groups -OCH3 is 1. The van der Waals surface area contributed by atoms with Gasteiger partial charge >= 0.3 is 6.09 Å². The number of allylic oxidation sites excluding steroid dienone is 1. The molecule has 15 heteroatoms. The monoisotopic (exact) mass is 819 g/mol. The lowest BCUT2D eigenvalue weighted by molar-refractivity contribution is -0.144. The number of hydrogen-bond donors (Lipinski definition) is 3. The van der Waals surface area contributed by atoms with Gasteiger partial charge in [-0.25, -0.2) is 18.2 Å². The van der Waals surface area contributed by atoms with E-state index < -0.39 is 73.8 Å². The minimum absolute atomic E-state index is 0.0267. The Balaban J connectivity index is 1.19. The van der Waals surface area contributed by atoms with Gasteiger partial charge in [-0.3, -0.25) is 24.0 Å². The average molecular weight is 820 g/mol. The number of fused-ring (bicyclic) bond motifs is 5. The van der Waals surface area contributed by atoms with E-state index in [9.17, 15) is 27.9 Å². The molecule has 3 aliphatic heterocycles. The van der Waals surface area contributed by atoms with Gasteiger partial charge in [-0.05, 0) is 102 Å². The Morgan fingerprint density at radius 3 is 2.52 bits per heavy atom. The molecule has 314 valence electrons. The number of hydrogen-bond acceptors (Lipinski definition) is 9. The van der Waals surface area contributed by atoms with Gasteiger partial charge in [0.1, 0.15) is 34.7 Å². The number of sulfonamides is 1. The molecule has 8 rings (SSSR count). The largest absolute Gasteiger partial charge is 0.497 e. The lowest BCUT2D eigenvalue weighted by Gasteiger charge is -2.39. The van der Waals surface area contributed by atoms with Gasteiger partial charge < -0.3 is 24.8 Å². The number of aromatic nitrogens is 1. The van der Waals surface area contributed by atoms with Crippen LogP contribution in [0.25, 0.3) is 10.9 Å². The van der Waals surface area contributed by atoms with Crippen LogP contribution in [0.15, 0.2) is 30.4 Å². The minimum atomic E-state index is -4.01. The van der Waals surface area contributed by atoms with Crippen LogP contribution in [-0.4, -0.2) is 99.8 Å². The molecule has 6 aliphatic rings. The number of amides is 4. The molecule has 1 spiro atoms. The van der Waals surface area contributed by atoms with E-state index in [-0.39, 0.29) is 37.6 Å². The number of rotatable bonds is 8. The van der Waals surface area contributed by atoms with Crippen LogP contribution in [0.1, 0.15) is 122 Å². The maximum absolute atomic E-state index is 15.2. The van der Waals surface area contributed by atoms with Gasteiger partial charge in [0.2, 0.25) is 21.8 Å². The predicted molar refractivity (Wildman–Crippen MR) is 216 cm³/mol. The Hall–Kier alpha value is -4.40. The summed E-state index contributed by atoms with van der Waals surface area (Å²) >= 11 is 0. The summed E-state index contributed by atoms with van der Waals surface area (Å²) in [6, 6.07) is 3.12. The van der Waals surface area contributed by atoms with E-state index in [4.69, 9.17) is 14.5 Å². The van der Waals surface area contributed by atoms with Crippen molar-refractivity contribution in [1.29, 1.82) is 0 Å². The Morgan fingerprint density at radius 1 is 1.09 bits per heavy atom. The minimum Gasteiger partial charge on any atom is -0.497 e. The number of benzene rings is 1. The number of ether oxygens (including phenoxy) is 2. The summed E-state index contributed by atoms with van der Waals surface area (Å²) in [7, 11) is -2.39. The highest BCUT2D eigenvalue weighted by atomic mass is 32.2. The van der Waals surface area contributed by atoms with Crippen LogP contribution in [0.3, 0.4) is 0 Å². The quantitative estimate of drug-likeness (QED) is 0.285. The average Bonchev–Trinajstić information content (AvgIpc) is 4.12. The number of carbonyl (C=O) groups excluding carboxylic acids is 3. The van der Waals surface area contributed by atoms with E-state index in [0.29, 0.717) is 50.0 Å². The van der Waals surface area contributed by atoms with E-state index >= 15 is 4.79 Å². The van der Waals surface area contributed by atoms with Gasteiger partial charge in [0, 0.05) is 35.2 Å². The van der Waals surface area contributed by atoms with Crippen molar-refractivity contribution < 1.29 is 42.2 Å². The van der Waals surface area contributed by atoms with E-state index in [1.165, 1.54) is 9.80 Å². The Kier molecular flexibility index (Phi) is 10.2. The first kappa shape index (κ1) is 40.4.